The van der Waals surface area contributed by atoms with Gasteiger partial charge >= 0.3 is 5.97 Å². The lowest BCUT2D eigenvalue weighted by Gasteiger charge is -2.15. The van der Waals surface area contributed by atoms with Gasteiger partial charge in [-0.1, -0.05) is 27.2 Å². The fourth-order valence-corrected chi connectivity index (χ4v) is 2.22. The Morgan fingerprint density at radius 1 is 1.33 bits per heavy atom. The van der Waals surface area contributed by atoms with E-state index in [4.69, 9.17) is 5.11 Å². The van der Waals surface area contributed by atoms with Crippen LogP contribution >= 0.6 is 0 Å². The van der Waals surface area contributed by atoms with Crippen LogP contribution in [0.5, 0.6) is 0 Å². The largest absolute Gasteiger partial charge is 0.481 e. The van der Waals surface area contributed by atoms with Crippen molar-refractivity contribution in [1.29, 1.82) is 0 Å². The Morgan fingerprint density at radius 2 is 2.05 bits per heavy atom. The Kier molecular flexibility index (Phi) is 7.12. The molecule has 0 spiro atoms. The number of carbonyl (C=O) groups is 1. The van der Waals surface area contributed by atoms with E-state index in [1.165, 1.54) is 0 Å². The van der Waals surface area contributed by atoms with Crippen LogP contribution in [-0.4, -0.2) is 27.6 Å². The van der Waals surface area contributed by atoms with Crippen LogP contribution < -0.4 is 5.32 Å². The minimum absolute atomic E-state index is 0.253. The Hall–Kier alpha value is -1.65. The van der Waals surface area contributed by atoms with E-state index in [-0.39, 0.29) is 6.42 Å². The summed E-state index contributed by atoms with van der Waals surface area (Å²) in [6.07, 6.45) is 2.97. The Labute approximate surface area is 127 Å². The second-order valence-corrected chi connectivity index (χ2v) is 5.83. The Bertz CT molecular complexity index is 461. The Morgan fingerprint density at radius 3 is 2.62 bits per heavy atom. The highest BCUT2D eigenvalue weighted by Gasteiger charge is 2.10. The van der Waals surface area contributed by atoms with Crippen molar-refractivity contribution in [3.8, 4) is 0 Å². The summed E-state index contributed by atoms with van der Waals surface area (Å²) in [5, 5.41) is 12.1. The summed E-state index contributed by atoms with van der Waals surface area (Å²) < 4.78 is 0. The van der Waals surface area contributed by atoms with Gasteiger partial charge in [0, 0.05) is 30.6 Å². The summed E-state index contributed by atoms with van der Waals surface area (Å²) in [5.74, 6) is 1.76. The van der Waals surface area contributed by atoms with Crippen molar-refractivity contribution >= 4 is 11.8 Å². The first-order valence-electron chi connectivity index (χ1n) is 7.73. The number of carboxylic acids is 1. The molecule has 118 valence electrons. The highest BCUT2D eigenvalue weighted by molar-refractivity contribution is 5.66. The SMILES string of the molecule is CCC(CCNc1cc(C)nc(C(C)C)n1)CCC(=O)O. The first-order chi connectivity index (χ1) is 9.92. The molecule has 1 aromatic rings. The molecule has 1 unspecified atom stereocenters. The monoisotopic (exact) mass is 293 g/mol. The van der Waals surface area contributed by atoms with Crippen LogP contribution in [0.1, 0.15) is 63.9 Å². The predicted molar refractivity (Wildman–Crippen MR) is 84.6 cm³/mol. The van der Waals surface area contributed by atoms with Gasteiger partial charge in [0.05, 0.1) is 0 Å². The maximum absolute atomic E-state index is 10.6. The fourth-order valence-electron chi connectivity index (χ4n) is 2.22. The van der Waals surface area contributed by atoms with E-state index in [0.717, 1.165) is 43.1 Å². The zero-order valence-corrected chi connectivity index (χ0v) is 13.5. The van der Waals surface area contributed by atoms with Crippen molar-refractivity contribution in [2.75, 3.05) is 11.9 Å². The minimum atomic E-state index is -0.714. The lowest BCUT2D eigenvalue weighted by atomic mass is 9.97. The van der Waals surface area contributed by atoms with E-state index >= 15 is 0 Å². The van der Waals surface area contributed by atoms with Gasteiger partial charge < -0.3 is 10.4 Å². The van der Waals surface area contributed by atoms with Crippen LogP contribution in [0.2, 0.25) is 0 Å². The van der Waals surface area contributed by atoms with Gasteiger partial charge in [-0.25, -0.2) is 9.97 Å². The number of nitrogens with one attached hydrogen (secondary N) is 1. The molecule has 0 radical (unpaired) electrons. The van der Waals surface area contributed by atoms with Gasteiger partial charge in [-0.05, 0) is 25.7 Å². The van der Waals surface area contributed by atoms with Gasteiger partial charge in [-0.3, -0.25) is 4.79 Å². The predicted octanol–water partition coefficient (Wildman–Crippen LogP) is 3.60. The number of carboxylic acid groups (broad SMARTS) is 1. The van der Waals surface area contributed by atoms with Crippen molar-refractivity contribution in [2.24, 2.45) is 5.92 Å². The summed E-state index contributed by atoms with van der Waals surface area (Å²) in [4.78, 5) is 19.6. The standard InChI is InChI=1S/C16H27N3O2/c1-5-13(6-7-15(20)21)8-9-17-14-10-12(4)18-16(19-14)11(2)3/h10-11,13H,5-9H2,1-4H3,(H,20,21)(H,17,18,19). The number of hydrogen-bond acceptors (Lipinski definition) is 4. The molecule has 0 aliphatic rings. The number of aryl methyl sites for hydroxylation is 1. The van der Waals surface area contributed by atoms with Gasteiger partial charge in [0.15, 0.2) is 0 Å². The maximum Gasteiger partial charge on any atom is 0.303 e. The van der Waals surface area contributed by atoms with Crippen LogP contribution in [0.25, 0.3) is 0 Å². The van der Waals surface area contributed by atoms with Crippen LogP contribution in [0.15, 0.2) is 6.07 Å². The second kappa shape index (κ2) is 8.60. The first kappa shape index (κ1) is 17.4. The van der Waals surface area contributed by atoms with Gasteiger partial charge in [0.25, 0.3) is 0 Å². The summed E-state index contributed by atoms with van der Waals surface area (Å²) in [6.45, 7) is 9.06. The molecular weight excluding hydrogens is 266 g/mol. The van der Waals surface area contributed by atoms with E-state index in [0.29, 0.717) is 11.8 Å². The maximum atomic E-state index is 10.6. The van der Waals surface area contributed by atoms with Crippen LogP contribution in [0.3, 0.4) is 0 Å². The van der Waals surface area contributed by atoms with Crippen LogP contribution in [0, 0.1) is 12.8 Å². The number of rotatable bonds is 9. The average Bonchev–Trinajstić information content (AvgIpc) is 2.41. The molecule has 0 saturated carbocycles. The fraction of sp³-hybridized carbons (Fsp3) is 0.688. The summed E-state index contributed by atoms with van der Waals surface area (Å²) >= 11 is 0. The van der Waals surface area contributed by atoms with Crippen molar-refractivity contribution in [3.63, 3.8) is 0 Å². The molecule has 21 heavy (non-hydrogen) atoms. The van der Waals surface area contributed by atoms with E-state index in [9.17, 15) is 4.79 Å². The number of hydrogen-bond donors (Lipinski definition) is 2. The molecule has 0 aromatic carbocycles. The number of anilines is 1. The zero-order chi connectivity index (χ0) is 15.8. The van der Waals surface area contributed by atoms with E-state index in [1.807, 2.05) is 13.0 Å². The average molecular weight is 293 g/mol. The van der Waals surface area contributed by atoms with Crippen molar-refractivity contribution in [2.45, 2.75) is 59.3 Å². The molecule has 1 atom stereocenters. The lowest BCUT2D eigenvalue weighted by Crippen LogP contribution is -2.12. The number of aliphatic carboxylic acids is 1. The summed E-state index contributed by atoms with van der Waals surface area (Å²) in [5.41, 5.74) is 0.967. The molecule has 0 bridgehead atoms. The van der Waals surface area contributed by atoms with Gasteiger partial charge in [-0.2, -0.15) is 0 Å². The third kappa shape index (κ3) is 6.56. The Balaban J connectivity index is 2.49. The van der Waals surface area contributed by atoms with Crippen molar-refractivity contribution < 1.29 is 9.90 Å². The molecule has 5 heteroatoms. The lowest BCUT2D eigenvalue weighted by molar-refractivity contribution is -0.137. The van der Waals surface area contributed by atoms with E-state index < -0.39 is 5.97 Å². The molecule has 0 fully saturated rings. The topological polar surface area (TPSA) is 75.1 Å². The minimum Gasteiger partial charge on any atom is -0.481 e. The third-order valence-corrected chi connectivity index (χ3v) is 3.59. The highest BCUT2D eigenvalue weighted by Crippen LogP contribution is 2.17. The highest BCUT2D eigenvalue weighted by atomic mass is 16.4. The zero-order valence-electron chi connectivity index (χ0n) is 13.5. The molecule has 0 aliphatic heterocycles. The van der Waals surface area contributed by atoms with Gasteiger partial charge in [-0.15, -0.1) is 0 Å². The van der Waals surface area contributed by atoms with Crippen molar-refractivity contribution in [3.05, 3.63) is 17.6 Å². The van der Waals surface area contributed by atoms with Gasteiger partial charge in [0.1, 0.15) is 11.6 Å². The molecule has 1 aromatic heterocycles. The quantitative estimate of drug-likeness (QED) is 0.727. The summed E-state index contributed by atoms with van der Waals surface area (Å²) in [7, 11) is 0. The van der Waals surface area contributed by atoms with Gasteiger partial charge in [0.2, 0.25) is 0 Å². The molecular formula is C16H27N3O2. The normalized spacial score (nSPS) is 12.4. The van der Waals surface area contributed by atoms with Crippen LogP contribution in [0.4, 0.5) is 5.82 Å². The van der Waals surface area contributed by atoms with Crippen LogP contribution in [-0.2, 0) is 4.79 Å². The number of nitrogens with zero attached hydrogens (tertiary/aromatic N) is 2. The molecule has 1 heterocycles. The molecule has 0 aliphatic carbocycles. The molecule has 0 amide bonds. The summed E-state index contributed by atoms with van der Waals surface area (Å²) in [6, 6.07) is 1.95. The molecule has 2 N–H and O–H groups in total. The molecule has 1 rings (SSSR count). The van der Waals surface area contributed by atoms with E-state index in [1.54, 1.807) is 0 Å². The third-order valence-electron chi connectivity index (χ3n) is 3.59. The number of aromatic nitrogens is 2. The molecule has 0 saturated heterocycles. The smallest absolute Gasteiger partial charge is 0.303 e. The van der Waals surface area contributed by atoms with E-state index in [2.05, 4.69) is 36.1 Å². The second-order valence-electron chi connectivity index (χ2n) is 5.83. The van der Waals surface area contributed by atoms with Crippen molar-refractivity contribution in [1.82, 2.24) is 9.97 Å². The first-order valence-corrected chi connectivity index (χ1v) is 7.73. The molecule has 5 nitrogen and oxygen atoms in total.